The van der Waals surface area contributed by atoms with E-state index in [4.69, 9.17) is 4.74 Å². The summed E-state index contributed by atoms with van der Waals surface area (Å²) in [6.45, 7) is 11.3. The van der Waals surface area contributed by atoms with Crippen LogP contribution in [0.15, 0.2) is 42.1 Å². The number of nitrogens with zero attached hydrogens (tertiary/aromatic N) is 5. The molecule has 2 aliphatic heterocycles. The van der Waals surface area contributed by atoms with Gasteiger partial charge in [0.2, 0.25) is 0 Å². The number of ether oxygens (including phenoxy) is 1. The van der Waals surface area contributed by atoms with Crippen molar-refractivity contribution < 1.29 is 14.3 Å². The first-order valence-electron chi connectivity index (χ1n) is 11.1. The maximum absolute atomic E-state index is 12.9. The van der Waals surface area contributed by atoms with Crippen LogP contribution in [0.5, 0.6) is 0 Å². The van der Waals surface area contributed by atoms with Crippen molar-refractivity contribution in [3.05, 3.63) is 47.7 Å². The minimum Gasteiger partial charge on any atom is -0.444 e. The third kappa shape index (κ3) is 6.72. The number of rotatable bonds is 4. The Hall–Kier alpha value is -3.05. The summed E-state index contributed by atoms with van der Waals surface area (Å²) in [7, 11) is 0. The normalized spacial score (nSPS) is 18.3. The molecule has 0 spiro atoms. The molecule has 0 atom stereocenters. The minimum absolute atomic E-state index is 0.146. The number of nitriles is 1. The molecule has 172 valence electrons. The van der Waals surface area contributed by atoms with Gasteiger partial charge in [0.05, 0.1) is 0 Å². The van der Waals surface area contributed by atoms with Crippen molar-refractivity contribution in [3.63, 3.8) is 0 Å². The zero-order chi connectivity index (χ0) is 23.1. The number of hydrogen-bond donors (Lipinski definition) is 0. The van der Waals surface area contributed by atoms with Gasteiger partial charge in [-0.2, -0.15) is 5.26 Å². The van der Waals surface area contributed by atoms with Crippen LogP contribution in [0.25, 0.3) is 0 Å². The van der Waals surface area contributed by atoms with Crippen LogP contribution in [0.2, 0.25) is 0 Å². The molecular formula is C24H33N5O3. The summed E-state index contributed by atoms with van der Waals surface area (Å²) in [5.74, 6) is -0.221. The van der Waals surface area contributed by atoms with Crippen LogP contribution in [-0.4, -0.2) is 89.6 Å². The first kappa shape index (κ1) is 23.6. The molecule has 0 aromatic heterocycles. The highest BCUT2D eigenvalue weighted by Gasteiger charge is 2.27. The summed E-state index contributed by atoms with van der Waals surface area (Å²) in [4.78, 5) is 32.8. The molecule has 2 heterocycles. The van der Waals surface area contributed by atoms with Gasteiger partial charge in [-0.25, -0.2) is 4.79 Å². The second-order valence-corrected chi connectivity index (χ2v) is 9.21. The third-order valence-electron chi connectivity index (χ3n) is 5.54. The van der Waals surface area contributed by atoms with Gasteiger partial charge in [-0.3, -0.25) is 9.69 Å². The quantitative estimate of drug-likeness (QED) is 0.529. The van der Waals surface area contributed by atoms with Crippen molar-refractivity contribution in [2.24, 2.45) is 0 Å². The van der Waals surface area contributed by atoms with Crippen molar-refractivity contribution in [1.29, 1.82) is 5.26 Å². The van der Waals surface area contributed by atoms with E-state index >= 15 is 0 Å². The summed E-state index contributed by atoms with van der Waals surface area (Å²) in [5.41, 5.74) is 0.877. The molecule has 0 bridgehead atoms. The van der Waals surface area contributed by atoms with Crippen molar-refractivity contribution in [2.45, 2.75) is 32.9 Å². The maximum Gasteiger partial charge on any atom is 0.410 e. The summed E-state index contributed by atoms with van der Waals surface area (Å²) in [6, 6.07) is 12.4. The molecule has 2 aliphatic rings. The maximum atomic E-state index is 12.9. The lowest BCUT2D eigenvalue weighted by molar-refractivity contribution is -0.128. The first-order valence-corrected chi connectivity index (χ1v) is 11.1. The average Bonchev–Trinajstić information content (AvgIpc) is 2.77. The molecular weight excluding hydrogens is 406 g/mol. The molecule has 2 fully saturated rings. The van der Waals surface area contributed by atoms with Gasteiger partial charge in [-0.1, -0.05) is 30.3 Å². The standard InChI is InChI=1S/C24H33N5O3/c1-24(2,3)32-23(31)29-15-11-27(12-16-29)19-21(17-25)22(30)28-13-9-26(10-14-28)18-20-7-5-4-6-8-20/h4-8,19H,9-16,18H2,1-3H3/b21-19-. The SMILES string of the molecule is CC(C)(C)OC(=O)N1CCN(/C=C(/C#N)C(=O)N2CCN(Cc3ccccc3)CC2)CC1. The van der Waals surface area contributed by atoms with Crippen LogP contribution < -0.4 is 0 Å². The van der Waals surface area contributed by atoms with Crippen LogP contribution in [0.3, 0.4) is 0 Å². The van der Waals surface area contributed by atoms with Gasteiger partial charge >= 0.3 is 6.09 Å². The molecule has 3 rings (SSSR count). The van der Waals surface area contributed by atoms with Crippen molar-refractivity contribution >= 4 is 12.0 Å². The largest absolute Gasteiger partial charge is 0.444 e. The lowest BCUT2D eigenvalue weighted by Crippen LogP contribution is -2.49. The van der Waals surface area contributed by atoms with E-state index in [1.807, 2.05) is 43.9 Å². The Bertz CT molecular complexity index is 856. The van der Waals surface area contributed by atoms with E-state index in [9.17, 15) is 14.9 Å². The number of benzene rings is 1. The zero-order valence-corrected chi connectivity index (χ0v) is 19.3. The Balaban J connectivity index is 1.49. The number of carbonyl (C=O) groups is 2. The minimum atomic E-state index is -0.528. The molecule has 0 saturated carbocycles. The van der Waals surface area contributed by atoms with Crippen molar-refractivity contribution in [2.75, 3.05) is 52.4 Å². The van der Waals surface area contributed by atoms with Gasteiger partial charge < -0.3 is 19.4 Å². The number of carbonyl (C=O) groups excluding carboxylic acids is 2. The van der Waals surface area contributed by atoms with E-state index in [0.29, 0.717) is 39.3 Å². The number of amides is 2. The van der Waals surface area contributed by atoms with Crippen LogP contribution in [0.1, 0.15) is 26.3 Å². The number of hydrogen-bond acceptors (Lipinski definition) is 6. The van der Waals surface area contributed by atoms with Crippen LogP contribution in [-0.2, 0) is 16.1 Å². The smallest absolute Gasteiger partial charge is 0.410 e. The van der Waals surface area contributed by atoms with Crippen molar-refractivity contribution in [1.82, 2.24) is 19.6 Å². The lowest BCUT2D eigenvalue weighted by Gasteiger charge is -2.36. The lowest BCUT2D eigenvalue weighted by atomic mass is 10.2. The molecule has 32 heavy (non-hydrogen) atoms. The molecule has 2 saturated heterocycles. The third-order valence-corrected chi connectivity index (χ3v) is 5.54. The highest BCUT2D eigenvalue weighted by Crippen LogP contribution is 2.14. The van der Waals surface area contributed by atoms with Gasteiger partial charge in [0, 0.05) is 65.1 Å². The Morgan fingerprint density at radius 1 is 0.969 bits per heavy atom. The zero-order valence-electron chi connectivity index (χ0n) is 19.3. The Morgan fingerprint density at radius 2 is 1.56 bits per heavy atom. The summed E-state index contributed by atoms with van der Waals surface area (Å²) >= 11 is 0. The van der Waals surface area contributed by atoms with Crippen molar-refractivity contribution in [3.8, 4) is 6.07 Å². The molecule has 0 aliphatic carbocycles. The molecule has 0 unspecified atom stereocenters. The van der Waals surface area contributed by atoms with Gasteiger partial charge in [0.25, 0.3) is 5.91 Å². The first-order chi connectivity index (χ1) is 15.2. The summed E-state index contributed by atoms with van der Waals surface area (Å²) in [6.07, 6.45) is 1.32. The van der Waals surface area contributed by atoms with E-state index < -0.39 is 5.60 Å². The second kappa shape index (κ2) is 10.5. The molecule has 8 nitrogen and oxygen atoms in total. The fourth-order valence-electron chi connectivity index (χ4n) is 3.80. The predicted octanol–water partition coefficient (Wildman–Crippen LogP) is 2.29. The Kier molecular flexibility index (Phi) is 7.75. The highest BCUT2D eigenvalue weighted by molar-refractivity contribution is 5.97. The fourth-order valence-corrected chi connectivity index (χ4v) is 3.80. The van der Waals surface area contributed by atoms with Gasteiger partial charge in [0.15, 0.2) is 0 Å². The summed E-state index contributed by atoms with van der Waals surface area (Å²) < 4.78 is 5.41. The molecule has 1 aromatic rings. The second-order valence-electron chi connectivity index (χ2n) is 9.21. The Labute approximate surface area is 190 Å². The predicted molar refractivity (Wildman–Crippen MR) is 121 cm³/mol. The fraction of sp³-hybridized carbons (Fsp3) is 0.542. The molecule has 1 aromatic carbocycles. The van der Waals surface area contributed by atoms with E-state index in [1.165, 1.54) is 5.56 Å². The molecule has 8 heteroatoms. The Morgan fingerprint density at radius 3 is 2.12 bits per heavy atom. The van der Waals surface area contributed by atoms with E-state index in [-0.39, 0.29) is 17.6 Å². The van der Waals surface area contributed by atoms with E-state index in [1.54, 1.807) is 16.0 Å². The van der Waals surface area contributed by atoms with Crippen LogP contribution in [0.4, 0.5) is 4.79 Å². The average molecular weight is 440 g/mol. The topological polar surface area (TPSA) is 80.1 Å². The highest BCUT2D eigenvalue weighted by atomic mass is 16.6. The number of piperazine rings is 2. The van der Waals surface area contributed by atoms with Gasteiger partial charge in [-0.15, -0.1) is 0 Å². The van der Waals surface area contributed by atoms with Gasteiger partial charge in [0.1, 0.15) is 17.2 Å². The van der Waals surface area contributed by atoms with E-state index in [0.717, 1.165) is 19.6 Å². The van der Waals surface area contributed by atoms with Crippen LogP contribution in [0, 0.1) is 11.3 Å². The summed E-state index contributed by atoms with van der Waals surface area (Å²) in [5, 5.41) is 9.58. The van der Waals surface area contributed by atoms with E-state index in [2.05, 4.69) is 23.1 Å². The van der Waals surface area contributed by atoms with Crippen LogP contribution >= 0.6 is 0 Å². The monoisotopic (exact) mass is 439 g/mol. The molecule has 0 N–H and O–H groups in total. The molecule has 2 amide bonds. The van der Waals surface area contributed by atoms with Gasteiger partial charge in [-0.05, 0) is 26.3 Å². The molecule has 0 radical (unpaired) electrons.